The van der Waals surface area contributed by atoms with Crippen molar-refractivity contribution in [3.05, 3.63) is 0 Å². The first kappa shape index (κ1) is 13.6. The third-order valence-electron chi connectivity index (χ3n) is 3.58. The van der Waals surface area contributed by atoms with Gasteiger partial charge in [-0.05, 0) is 19.3 Å². The fourth-order valence-electron chi connectivity index (χ4n) is 2.38. The Bertz CT molecular complexity index is 403. The van der Waals surface area contributed by atoms with E-state index in [1.807, 2.05) is 0 Å². The van der Waals surface area contributed by atoms with Gasteiger partial charge in [0, 0.05) is 26.2 Å². The van der Waals surface area contributed by atoms with Gasteiger partial charge in [-0.15, -0.1) is 0 Å². The second-order valence-corrected chi connectivity index (χ2v) is 7.22. The van der Waals surface area contributed by atoms with E-state index >= 15 is 0 Å². The number of ether oxygens (including phenoxy) is 1. The number of urea groups is 1. The summed E-state index contributed by atoms with van der Waals surface area (Å²) >= 11 is 0. The van der Waals surface area contributed by atoms with E-state index in [9.17, 15) is 13.2 Å². The zero-order valence-electron chi connectivity index (χ0n) is 10.6. The van der Waals surface area contributed by atoms with Crippen LogP contribution in [0.15, 0.2) is 0 Å². The van der Waals surface area contributed by atoms with Crippen LogP contribution in [0.1, 0.15) is 19.3 Å². The molecule has 2 rings (SSSR count). The number of amides is 2. The third kappa shape index (κ3) is 3.35. The smallest absolute Gasteiger partial charge is 0.317 e. The predicted molar refractivity (Wildman–Crippen MR) is 67.2 cm³/mol. The molecular weight excluding hydrogens is 256 g/mol. The largest absolute Gasteiger partial charge is 0.376 e. The fraction of sp³-hybridized carbons (Fsp3) is 0.909. The maximum absolute atomic E-state index is 11.9. The zero-order chi connectivity index (χ0) is 13.2. The molecule has 1 N–H and O–H groups in total. The number of carbonyl (C=O) groups excluding carboxylic acids is 1. The van der Waals surface area contributed by atoms with Crippen LogP contribution in [0.25, 0.3) is 0 Å². The van der Waals surface area contributed by atoms with E-state index in [2.05, 4.69) is 5.32 Å². The molecule has 2 atom stereocenters. The minimum absolute atomic E-state index is 0.0802. The molecule has 18 heavy (non-hydrogen) atoms. The minimum atomic E-state index is -2.95. The van der Waals surface area contributed by atoms with Crippen molar-refractivity contribution < 1.29 is 17.9 Å². The number of hydrogen-bond donors (Lipinski definition) is 1. The SMILES string of the molecule is CN(C(=O)NC[C@@H]1CCCO1)[C@@H]1CCS(=O)(=O)C1. The van der Waals surface area contributed by atoms with Gasteiger partial charge in [0.15, 0.2) is 9.84 Å². The first-order valence-corrected chi connectivity index (χ1v) is 8.13. The molecular formula is C11H20N2O4S. The van der Waals surface area contributed by atoms with Crippen molar-refractivity contribution in [3.63, 3.8) is 0 Å². The highest BCUT2D eigenvalue weighted by Crippen LogP contribution is 2.16. The van der Waals surface area contributed by atoms with Crippen LogP contribution in [-0.4, -0.2) is 63.2 Å². The summed E-state index contributed by atoms with van der Waals surface area (Å²) in [5.41, 5.74) is 0. The Morgan fingerprint density at radius 2 is 2.22 bits per heavy atom. The molecule has 0 saturated carbocycles. The van der Waals surface area contributed by atoms with Gasteiger partial charge in [0.25, 0.3) is 0 Å². The minimum Gasteiger partial charge on any atom is -0.376 e. The number of nitrogens with one attached hydrogen (secondary N) is 1. The monoisotopic (exact) mass is 276 g/mol. The van der Waals surface area contributed by atoms with Crippen LogP contribution in [0.3, 0.4) is 0 Å². The van der Waals surface area contributed by atoms with Crippen molar-refractivity contribution in [1.29, 1.82) is 0 Å². The molecule has 0 unspecified atom stereocenters. The van der Waals surface area contributed by atoms with Crippen molar-refractivity contribution in [3.8, 4) is 0 Å². The van der Waals surface area contributed by atoms with Gasteiger partial charge in [0.05, 0.1) is 17.6 Å². The van der Waals surface area contributed by atoms with Crippen LogP contribution in [0.2, 0.25) is 0 Å². The molecule has 0 radical (unpaired) electrons. The first-order chi connectivity index (χ1) is 8.48. The second kappa shape index (κ2) is 5.44. The number of carbonyl (C=O) groups is 1. The summed E-state index contributed by atoms with van der Waals surface area (Å²) in [6, 6.07) is -0.410. The maximum Gasteiger partial charge on any atom is 0.317 e. The Morgan fingerprint density at radius 1 is 1.44 bits per heavy atom. The zero-order valence-corrected chi connectivity index (χ0v) is 11.4. The Kier molecular flexibility index (Phi) is 4.11. The summed E-state index contributed by atoms with van der Waals surface area (Å²) in [6.07, 6.45) is 2.65. The lowest BCUT2D eigenvalue weighted by Crippen LogP contribution is -2.46. The second-order valence-electron chi connectivity index (χ2n) is 4.99. The highest BCUT2D eigenvalue weighted by Gasteiger charge is 2.32. The molecule has 2 fully saturated rings. The molecule has 6 nitrogen and oxygen atoms in total. The van der Waals surface area contributed by atoms with Crippen LogP contribution in [0.5, 0.6) is 0 Å². The average Bonchev–Trinajstić information content (AvgIpc) is 2.94. The molecule has 2 amide bonds. The first-order valence-electron chi connectivity index (χ1n) is 6.30. The quantitative estimate of drug-likeness (QED) is 0.787. The molecule has 2 heterocycles. The van der Waals surface area contributed by atoms with E-state index in [0.717, 1.165) is 19.4 Å². The summed E-state index contributed by atoms with van der Waals surface area (Å²) in [4.78, 5) is 13.4. The maximum atomic E-state index is 11.9. The molecule has 2 saturated heterocycles. The summed E-state index contributed by atoms with van der Waals surface area (Å²) in [5, 5.41) is 2.80. The third-order valence-corrected chi connectivity index (χ3v) is 5.33. The van der Waals surface area contributed by atoms with Crippen molar-refractivity contribution in [2.24, 2.45) is 0 Å². The van der Waals surface area contributed by atoms with Gasteiger partial charge >= 0.3 is 6.03 Å². The molecule has 2 aliphatic rings. The van der Waals surface area contributed by atoms with Gasteiger partial charge in [-0.3, -0.25) is 0 Å². The van der Waals surface area contributed by atoms with Crippen LogP contribution < -0.4 is 5.32 Å². The molecule has 0 bridgehead atoms. The van der Waals surface area contributed by atoms with Crippen LogP contribution in [0.4, 0.5) is 4.79 Å². The van der Waals surface area contributed by atoms with E-state index in [1.165, 1.54) is 4.90 Å². The highest BCUT2D eigenvalue weighted by atomic mass is 32.2. The summed E-state index contributed by atoms with van der Waals surface area (Å²) in [6.45, 7) is 1.26. The van der Waals surface area contributed by atoms with Crippen LogP contribution >= 0.6 is 0 Å². The van der Waals surface area contributed by atoms with E-state index in [4.69, 9.17) is 4.74 Å². The number of rotatable bonds is 3. The van der Waals surface area contributed by atoms with Gasteiger partial charge in [-0.2, -0.15) is 0 Å². The van der Waals surface area contributed by atoms with Gasteiger partial charge in [-0.1, -0.05) is 0 Å². The molecule has 2 aliphatic heterocycles. The van der Waals surface area contributed by atoms with Crippen molar-refractivity contribution in [2.75, 3.05) is 31.7 Å². The molecule has 0 aromatic heterocycles. The lowest BCUT2D eigenvalue weighted by atomic mass is 10.2. The predicted octanol–water partition coefficient (Wildman–Crippen LogP) is -0.00610. The number of hydrogen-bond acceptors (Lipinski definition) is 4. The molecule has 0 aromatic carbocycles. The van der Waals surface area contributed by atoms with Crippen molar-refractivity contribution in [2.45, 2.75) is 31.4 Å². The van der Waals surface area contributed by atoms with Crippen molar-refractivity contribution >= 4 is 15.9 Å². The Morgan fingerprint density at radius 3 is 2.78 bits per heavy atom. The van der Waals surface area contributed by atoms with Crippen LogP contribution in [-0.2, 0) is 14.6 Å². The average molecular weight is 276 g/mol. The van der Waals surface area contributed by atoms with Crippen LogP contribution in [0, 0.1) is 0 Å². The molecule has 7 heteroatoms. The number of nitrogens with zero attached hydrogens (tertiary/aromatic N) is 1. The summed E-state index contributed by atoms with van der Waals surface area (Å²) in [7, 11) is -1.30. The van der Waals surface area contributed by atoms with Gasteiger partial charge in [-0.25, -0.2) is 13.2 Å². The van der Waals surface area contributed by atoms with Gasteiger partial charge < -0.3 is 15.0 Å². The van der Waals surface area contributed by atoms with Gasteiger partial charge in [0.2, 0.25) is 0 Å². The molecule has 0 spiro atoms. The summed E-state index contributed by atoms with van der Waals surface area (Å²) < 4.78 is 28.1. The standard InChI is InChI=1S/C11H20N2O4S/c1-13(9-4-6-18(15,16)8-9)11(14)12-7-10-3-2-5-17-10/h9-10H,2-8H2,1H3,(H,12,14)/t9-,10+/m1/s1. The fourth-order valence-corrected chi connectivity index (χ4v) is 4.15. The molecule has 0 aromatic rings. The number of sulfone groups is 1. The Labute approximate surface area is 108 Å². The topological polar surface area (TPSA) is 75.7 Å². The molecule has 104 valence electrons. The van der Waals surface area contributed by atoms with E-state index in [0.29, 0.717) is 13.0 Å². The molecule has 0 aliphatic carbocycles. The highest BCUT2D eigenvalue weighted by molar-refractivity contribution is 7.91. The van der Waals surface area contributed by atoms with Crippen molar-refractivity contribution in [1.82, 2.24) is 10.2 Å². The Balaban J connectivity index is 1.78. The van der Waals surface area contributed by atoms with Gasteiger partial charge in [0.1, 0.15) is 0 Å². The Hall–Kier alpha value is -0.820. The summed E-state index contributed by atoms with van der Waals surface area (Å²) in [5.74, 6) is 0.262. The lowest BCUT2D eigenvalue weighted by Gasteiger charge is -2.24. The van der Waals surface area contributed by atoms with E-state index < -0.39 is 9.84 Å². The van der Waals surface area contributed by atoms with E-state index in [1.54, 1.807) is 7.05 Å². The van der Waals surface area contributed by atoms with E-state index in [-0.39, 0.29) is 29.7 Å². The normalized spacial score (nSPS) is 30.3. The lowest BCUT2D eigenvalue weighted by molar-refractivity contribution is 0.108.